The molecule has 0 saturated heterocycles. The Kier molecular flexibility index (Phi) is 7.18. The van der Waals surface area contributed by atoms with Gasteiger partial charge in [0.2, 0.25) is 5.78 Å². The third kappa shape index (κ3) is 4.65. The summed E-state index contributed by atoms with van der Waals surface area (Å²) in [5, 5.41) is 21.7. The fourth-order valence-corrected chi connectivity index (χ4v) is 5.08. The highest BCUT2D eigenvalue weighted by Gasteiger charge is 2.44. The number of hydrogen-bond donors (Lipinski definition) is 2. The van der Waals surface area contributed by atoms with Gasteiger partial charge in [-0.1, -0.05) is 36.4 Å². The highest BCUT2D eigenvalue weighted by molar-refractivity contribution is 7.17. The van der Waals surface area contributed by atoms with Crippen LogP contribution in [0, 0.1) is 6.92 Å². The third-order valence-corrected chi connectivity index (χ3v) is 6.91. The van der Waals surface area contributed by atoms with Gasteiger partial charge in [-0.2, -0.15) is 0 Å². The van der Waals surface area contributed by atoms with Gasteiger partial charge in [-0.3, -0.25) is 9.59 Å². The molecule has 8 nitrogen and oxygen atoms in total. The number of nitrogens with zero attached hydrogens (tertiary/aromatic N) is 2. The van der Waals surface area contributed by atoms with Crippen molar-refractivity contribution in [2.45, 2.75) is 19.9 Å². The van der Waals surface area contributed by atoms with Crippen molar-refractivity contribution in [1.82, 2.24) is 9.88 Å². The minimum absolute atomic E-state index is 0.0365. The van der Waals surface area contributed by atoms with Crippen LogP contribution in [0.15, 0.2) is 59.9 Å². The summed E-state index contributed by atoms with van der Waals surface area (Å²) in [6, 6.07) is 13.2. The molecule has 0 saturated carbocycles. The second-order valence-corrected chi connectivity index (χ2v) is 8.94. The topological polar surface area (TPSA) is 109 Å². The lowest BCUT2D eigenvalue weighted by atomic mass is 9.94. The van der Waals surface area contributed by atoms with E-state index >= 15 is 0 Å². The van der Waals surface area contributed by atoms with E-state index in [1.807, 2.05) is 30.3 Å². The van der Waals surface area contributed by atoms with Gasteiger partial charge in [0.1, 0.15) is 5.01 Å². The molecule has 1 aliphatic heterocycles. The number of ether oxygens (including phenoxy) is 2. The van der Waals surface area contributed by atoms with Crippen molar-refractivity contribution >= 4 is 23.0 Å². The first kappa shape index (κ1) is 24.4. The van der Waals surface area contributed by atoms with Crippen molar-refractivity contribution in [2.75, 3.05) is 26.9 Å². The number of aryl methyl sites for hydroxylation is 1. The number of methoxy groups -OCH3 is 1. The summed E-state index contributed by atoms with van der Waals surface area (Å²) >= 11 is 1.22. The lowest BCUT2D eigenvalue weighted by molar-refractivity contribution is -0.130. The molecular weight excluding hydrogens is 468 g/mol. The monoisotopic (exact) mass is 494 g/mol. The van der Waals surface area contributed by atoms with Crippen LogP contribution < -0.4 is 4.74 Å². The van der Waals surface area contributed by atoms with Gasteiger partial charge in [0.15, 0.2) is 17.3 Å². The van der Waals surface area contributed by atoms with Crippen LogP contribution in [-0.2, 0) is 9.53 Å². The van der Waals surface area contributed by atoms with Crippen molar-refractivity contribution in [3.8, 4) is 22.1 Å². The number of aromatic hydroxyl groups is 1. The van der Waals surface area contributed by atoms with Crippen molar-refractivity contribution < 1.29 is 29.3 Å². The second kappa shape index (κ2) is 10.3. The van der Waals surface area contributed by atoms with Crippen molar-refractivity contribution in [1.29, 1.82) is 0 Å². The van der Waals surface area contributed by atoms with E-state index in [4.69, 9.17) is 9.47 Å². The van der Waals surface area contributed by atoms with Crippen molar-refractivity contribution in [2.24, 2.45) is 0 Å². The number of hydrogen-bond acceptors (Lipinski definition) is 8. The molecule has 35 heavy (non-hydrogen) atoms. The Labute approximate surface area is 207 Å². The Morgan fingerprint density at radius 3 is 2.60 bits per heavy atom. The van der Waals surface area contributed by atoms with Crippen LogP contribution in [0.4, 0.5) is 0 Å². The van der Waals surface area contributed by atoms with Gasteiger partial charge in [0, 0.05) is 19.2 Å². The molecule has 1 amide bonds. The Balaban J connectivity index is 1.80. The number of phenolic OH excluding ortho intramolecular Hbond substituents is 1. The van der Waals surface area contributed by atoms with E-state index in [9.17, 15) is 19.8 Å². The van der Waals surface area contributed by atoms with Gasteiger partial charge in [-0.15, -0.1) is 11.3 Å². The molecule has 2 aromatic carbocycles. The zero-order valence-electron chi connectivity index (χ0n) is 19.6. The molecule has 1 unspecified atom stereocenters. The summed E-state index contributed by atoms with van der Waals surface area (Å²) in [5.74, 6) is -1.56. The van der Waals surface area contributed by atoms with Gasteiger partial charge >= 0.3 is 0 Å². The molecule has 0 aliphatic carbocycles. The maximum atomic E-state index is 13.8. The number of carbonyl (C=O) groups is 2. The molecule has 1 aromatic heterocycles. The molecule has 0 fully saturated rings. The summed E-state index contributed by atoms with van der Waals surface area (Å²) in [7, 11) is 1.51. The number of benzene rings is 2. The van der Waals surface area contributed by atoms with Gasteiger partial charge in [0.05, 0.1) is 35.4 Å². The molecule has 2 heterocycles. The van der Waals surface area contributed by atoms with E-state index < -0.39 is 23.5 Å². The zero-order valence-corrected chi connectivity index (χ0v) is 20.5. The normalized spacial score (nSPS) is 15.7. The number of ketones is 1. The van der Waals surface area contributed by atoms with Crippen LogP contribution in [0.5, 0.6) is 11.5 Å². The number of aliphatic hydroxyl groups excluding tert-OH is 1. The fraction of sp³-hybridized carbons (Fsp3) is 0.269. The largest absolute Gasteiger partial charge is 0.504 e. The average Bonchev–Trinajstić information content (AvgIpc) is 3.37. The molecule has 0 bridgehead atoms. The van der Waals surface area contributed by atoms with Crippen LogP contribution >= 0.6 is 11.3 Å². The predicted molar refractivity (Wildman–Crippen MR) is 132 cm³/mol. The van der Waals surface area contributed by atoms with Crippen molar-refractivity contribution in [3.63, 3.8) is 0 Å². The summed E-state index contributed by atoms with van der Waals surface area (Å²) in [6.07, 6.45) is 0. The number of aromatic nitrogens is 1. The summed E-state index contributed by atoms with van der Waals surface area (Å²) in [6.45, 7) is 4.21. The average molecular weight is 495 g/mol. The number of amides is 1. The second-order valence-electron chi connectivity index (χ2n) is 7.95. The number of Topliss-reactive ketones (excluding diaryl/α,β-unsaturated/α-hetero) is 1. The van der Waals surface area contributed by atoms with E-state index in [1.165, 1.54) is 29.4 Å². The van der Waals surface area contributed by atoms with Gasteiger partial charge in [0.25, 0.3) is 5.91 Å². The maximum absolute atomic E-state index is 13.8. The molecule has 0 spiro atoms. The molecule has 0 radical (unpaired) electrons. The minimum Gasteiger partial charge on any atom is -0.504 e. The summed E-state index contributed by atoms with van der Waals surface area (Å²) in [4.78, 5) is 33.2. The number of thiazole rings is 1. The molecule has 182 valence electrons. The maximum Gasteiger partial charge on any atom is 0.290 e. The first-order chi connectivity index (χ1) is 16.9. The lowest BCUT2D eigenvalue weighted by Gasteiger charge is -2.27. The van der Waals surface area contributed by atoms with Crippen LogP contribution in [0.3, 0.4) is 0 Å². The van der Waals surface area contributed by atoms with Crippen LogP contribution in [0.1, 0.15) is 33.9 Å². The van der Waals surface area contributed by atoms with Gasteiger partial charge in [-0.05, 0) is 31.5 Å². The van der Waals surface area contributed by atoms with E-state index in [0.717, 1.165) is 5.56 Å². The van der Waals surface area contributed by atoms with E-state index in [-0.39, 0.29) is 30.2 Å². The first-order valence-electron chi connectivity index (χ1n) is 11.1. The van der Waals surface area contributed by atoms with Gasteiger partial charge in [-0.25, -0.2) is 4.98 Å². The Morgan fingerprint density at radius 2 is 1.91 bits per heavy atom. The Bertz CT molecular complexity index is 1280. The molecule has 1 aliphatic rings. The lowest BCUT2D eigenvalue weighted by Crippen LogP contribution is -2.34. The SMILES string of the molecule is CCOc1cc(C2C(C(=O)c3sc(-c4ccccc4)nc3C)=C(O)C(=O)N2CCOC)ccc1O. The molecule has 3 aromatic rings. The predicted octanol–water partition coefficient (Wildman–Crippen LogP) is 4.45. The smallest absolute Gasteiger partial charge is 0.290 e. The fourth-order valence-electron chi connectivity index (χ4n) is 4.06. The van der Waals surface area contributed by atoms with Crippen molar-refractivity contribution in [3.05, 3.63) is 76.0 Å². The third-order valence-electron chi connectivity index (χ3n) is 5.71. The molecule has 4 rings (SSSR count). The Morgan fingerprint density at radius 1 is 1.17 bits per heavy atom. The van der Waals surface area contributed by atoms with Crippen LogP contribution in [0.25, 0.3) is 10.6 Å². The number of rotatable bonds is 9. The van der Waals surface area contributed by atoms with E-state index in [1.54, 1.807) is 26.0 Å². The number of aliphatic hydroxyl groups is 1. The van der Waals surface area contributed by atoms with Gasteiger partial charge < -0.3 is 24.6 Å². The molecule has 1 atom stereocenters. The first-order valence-corrected chi connectivity index (χ1v) is 11.9. The van der Waals surface area contributed by atoms with E-state index in [0.29, 0.717) is 27.7 Å². The Hall–Kier alpha value is -3.69. The highest BCUT2D eigenvalue weighted by Crippen LogP contribution is 2.42. The van der Waals surface area contributed by atoms with Crippen LogP contribution in [0.2, 0.25) is 0 Å². The molecular formula is C26H26N2O6S. The highest BCUT2D eigenvalue weighted by atomic mass is 32.1. The van der Waals surface area contributed by atoms with E-state index in [2.05, 4.69) is 4.98 Å². The minimum atomic E-state index is -0.883. The standard InChI is InChI=1S/C26H26N2O6S/c1-4-34-19-14-17(10-11-18(19)29)21-20(23(31)26(32)28(21)12-13-33-3)22(30)24-15(2)27-25(35-24)16-8-6-5-7-9-16/h5-11,14,21,29,31H,4,12-13H2,1-3H3. The molecule has 2 N–H and O–H groups in total. The summed E-state index contributed by atoms with van der Waals surface area (Å²) in [5.41, 5.74) is 1.87. The number of carbonyl (C=O) groups excluding carboxylic acids is 2. The molecule has 9 heteroatoms. The zero-order chi connectivity index (χ0) is 25.1. The quantitative estimate of drug-likeness (QED) is 0.423. The van der Waals surface area contributed by atoms with Crippen LogP contribution in [-0.4, -0.2) is 58.7 Å². The summed E-state index contributed by atoms with van der Waals surface area (Å²) < 4.78 is 10.7. The number of phenols is 1.